The molecule has 2 rings (SSSR count). The fourth-order valence-corrected chi connectivity index (χ4v) is 1.73. The molecule has 0 saturated carbocycles. The Balaban J connectivity index is 2.82. The number of rotatable bonds is 1. The highest BCUT2D eigenvalue weighted by molar-refractivity contribution is 14.1. The molecule has 2 aromatic rings. The minimum absolute atomic E-state index is 0.383. The summed E-state index contributed by atoms with van der Waals surface area (Å²) >= 11 is 2.21. The van der Waals surface area contributed by atoms with Crippen LogP contribution in [-0.4, -0.2) is 6.29 Å². The van der Waals surface area contributed by atoms with E-state index >= 15 is 0 Å². The molecule has 12 heavy (non-hydrogen) atoms. The average molecular weight is 272 g/mol. The molecule has 60 valence electrons. The van der Waals surface area contributed by atoms with Crippen molar-refractivity contribution in [2.24, 2.45) is 0 Å². The highest BCUT2D eigenvalue weighted by Crippen LogP contribution is 2.23. The number of carbonyl (C=O) groups is 1. The van der Waals surface area contributed by atoms with Gasteiger partial charge in [0.2, 0.25) is 0 Å². The molecule has 1 aromatic carbocycles. The van der Waals surface area contributed by atoms with Crippen LogP contribution in [0.15, 0.2) is 28.7 Å². The third-order valence-electron chi connectivity index (χ3n) is 1.64. The molecule has 0 radical (unpaired) electrons. The summed E-state index contributed by atoms with van der Waals surface area (Å²) in [4.78, 5) is 10.4. The van der Waals surface area contributed by atoms with Crippen molar-refractivity contribution in [1.82, 2.24) is 0 Å². The van der Waals surface area contributed by atoms with Crippen LogP contribution in [0.1, 0.15) is 10.6 Å². The van der Waals surface area contributed by atoms with Crippen LogP contribution in [0.25, 0.3) is 11.0 Å². The molecule has 0 atom stereocenters. The zero-order chi connectivity index (χ0) is 8.55. The number of furan rings is 1. The van der Waals surface area contributed by atoms with E-state index in [4.69, 9.17) is 4.42 Å². The van der Waals surface area contributed by atoms with E-state index < -0.39 is 0 Å². The van der Waals surface area contributed by atoms with Gasteiger partial charge >= 0.3 is 0 Å². The molecule has 0 N–H and O–H groups in total. The smallest absolute Gasteiger partial charge is 0.185 e. The monoisotopic (exact) mass is 272 g/mol. The summed E-state index contributed by atoms with van der Waals surface area (Å²) in [5.74, 6) is 0.383. The minimum Gasteiger partial charge on any atom is -0.453 e. The Labute approximate surface area is 82.7 Å². The predicted molar refractivity (Wildman–Crippen MR) is 54.3 cm³/mol. The first kappa shape index (κ1) is 7.79. The van der Waals surface area contributed by atoms with Gasteiger partial charge in [-0.2, -0.15) is 0 Å². The zero-order valence-corrected chi connectivity index (χ0v) is 8.24. The summed E-state index contributed by atoms with van der Waals surface area (Å²) in [6.45, 7) is 0. The number of fused-ring (bicyclic) bond motifs is 1. The van der Waals surface area contributed by atoms with E-state index in [0.29, 0.717) is 5.76 Å². The molecule has 3 heteroatoms. The van der Waals surface area contributed by atoms with E-state index in [9.17, 15) is 4.79 Å². The standard InChI is InChI=1S/C9H5IO2/c10-8-2-1-3-9-7(8)4-6(5-11)12-9/h1-5H. The Hall–Kier alpha value is -0.840. The van der Waals surface area contributed by atoms with Crippen molar-refractivity contribution in [1.29, 1.82) is 0 Å². The Morgan fingerprint density at radius 1 is 1.42 bits per heavy atom. The third kappa shape index (κ3) is 1.14. The second kappa shape index (κ2) is 2.90. The van der Waals surface area contributed by atoms with Gasteiger partial charge in [0, 0.05) is 8.96 Å². The average Bonchev–Trinajstić information content (AvgIpc) is 2.49. The molecule has 0 spiro atoms. The van der Waals surface area contributed by atoms with Crippen LogP contribution in [-0.2, 0) is 0 Å². The molecular formula is C9H5IO2. The van der Waals surface area contributed by atoms with Crippen LogP contribution in [0.5, 0.6) is 0 Å². The van der Waals surface area contributed by atoms with Crippen molar-refractivity contribution in [3.8, 4) is 0 Å². The van der Waals surface area contributed by atoms with E-state index in [2.05, 4.69) is 22.6 Å². The second-order valence-electron chi connectivity index (χ2n) is 2.42. The van der Waals surface area contributed by atoms with E-state index in [1.54, 1.807) is 6.07 Å². The first-order valence-corrected chi connectivity index (χ1v) is 4.52. The summed E-state index contributed by atoms with van der Waals surface area (Å²) in [7, 11) is 0. The van der Waals surface area contributed by atoms with Crippen LogP contribution in [0.2, 0.25) is 0 Å². The quantitative estimate of drug-likeness (QED) is 0.590. The van der Waals surface area contributed by atoms with Crippen molar-refractivity contribution in [3.05, 3.63) is 33.6 Å². The van der Waals surface area contributed by atoms with Gasteiger partial charge in [-0.25, -0.2) is 0 Å². The summed E-state index contributed by atoms with van der Waals surface area (Å²) < 4.78 is 6.32. The number of hydrogen-bond acceptors (Lipinski definition) is 2. The third-order valence-corrected chi connectivity index (χ3v) is 2.58. The molecule has 2 nitrogen and oxygen atoms in total. The van der Waals surface area contributed by atoms with Crippen LogP contribution in [0.3, 0.4) is 0 Å². The highest BCUT2D eigenvalue weighted by atomic mass is 127. The lowest BCUT2D eigenvalue weighted by molar-refractivity contribution is 0.110. The SMILES string of the molecule is O=Cc1cc2c(I)cccc2o1. The fourth-order valence-electron chi connectivity index (χ4n) is 1.10. The van der Waals surface area contributed by atoms with Crippen molar-refractivity contribution in [2.75, 3.05) is 0 Å². The molecular weight excluding hydrogens is 267 g/mol. The zero-order valence-electron chi connectivity index (χ0n) is 6.08. The van der Waals surface area contributed by atoms with Gasteiger partial charge in [-0.3, -0.25) is 4.79 Å². The molecule has 0 fully saturated rings. The molecule has 0 amide bonds. The van der Waals surface area contributed by atoms with E-state index in [0.717, 1.165) is 20.8 Å². The summed E-state index contributed by atoms with van der Waals surface area (Å²) in [5, 5.41) is 1.00. The number of halogens is 1. The lowest BCUT2D eigenvalue weighted by atomic mass is 10.2. The van der Waals surface area contributed by atoms with Crippen LogP contribution in [0.4, 0.5) is 0 Å². The van der Waals surface area contributed by atoms with Gasteiger partial charge in [0.25, 0.3) is 0 Å². The maximum atomic E-state index is 10.4. The van der Waals surface area contributed by atoms with Crippen LogP contribution < -0.4 is 0 Å². The van der Waals surface area contributed by atoms with Crippen LogP contribution in [0, 0.1) is 3.57 Å². The van der Waals surface area contributed by atoms with E-state index in [-0.39, 0.29) is 0 Å². The number of carbonyl (C=O) groups excluding carboxylic acids is 1. The van der Waals surface area contributed by atoms with Gasteiger partial charge in [0.1, 0.15) is 5.58 Å². The number of hydrogen-bond donors (Lipinski definition) is 0. The molecule has 0 bridgehead atoms. The summed E-state index contributed by atoms with van der Waals surface area (Å²) in [6.07, 6.45) is 0.718. The maximum Gasteiger partial charge on any atom is 0.185 e. The van der Waals surface area contributed by atoms with Gasteiger partial charge in [-0.05, 0) is 40.8 Å². The first-order chi connectivity index (χ1) is 5.81. The Bertz CT molecular complexity index is 431. The number of benzene rings is 1. The largest absolute Gasteiger partial charge is 0.453 e. The molecule has 0 aliphatic rings. The Morgan fingerprint density at radius 2 is 2.25 bits per heavy atom. The lowest BCUT2D eigenvalue weighted by Gasteiger charge is -1.88. The Morgan fingerprint density at radius 3 is 2.92 bits per heavy atom. The first-order valence-electron chi connectivity index (χ1n) is 3.44. The molecule has 1 aromatic heterocycles. The molecule has 0 aliphatic heterocycles. The molecule has 1 heterocycles. The van der Waals surface area contributed by atoms with Crippen molar-refractivity contribution in [2.45, 2.75) is 0 Å². The molecule has 0 aliphatic carbocycles. The molecule has 0 saturated heterocycles. The summed E-state index contributed by atoms with van der Waals surface area (Å²) in [5.41, 5.74) is 0.768. The van der Waals surface area contributed by atoms with E-state index in [1.807, 2.05) is 18.2 Å². The number of aldehydes is 1. The Kier molecular flexibility index (Phi) is 1.88. The topological polar surface area (TPSA) is 30.2 Å². The highest BCUT2D eigenvalue weighted by Gasteiger charge is 2.04. The predicted octanol–water partition coefficient (Wildman–Crippen LogP) is 2.85. The van der Waals surface area contributed by atoms with Gasteiger partial charge < -0.3 is 4.42 Å². The van der Waals surface area contributed by atoms with Crippen molar-refractivity contribution < 1.29 is 9.21 Å². The van der Waals surface area contributed by atoms with Crippen molar-refractivity contribution in [3.63, 3.8) is 0 Å². The van der Waals surface area contributed by atoms with Gasteiger partial charge in [-0.15, -0.1) is 0 Å². The minimum atomic E-state index is 0.383. The van der Waals surface area contributed by atoms with Crippen molar-refractivity contribution >= 4 is 39.8 Å². The van der Waals surface area contributed by atoms with Gasteiger partial charge in [0.15, 0.2) is 12.0 Å². The maximum absolute atomic E-state index is 10.4. The van der Waals surface area contributed by atoms with Gasteiger partial charge in [-0.1, -0.05) is 6.07 Å². The lowest BCUT2D eigenvalue weighted by Crippen LogP contribution is -1.69. The summed E-state index contributed by atoms with van der Waals surface area (Å²) in [6, 6.07) is 7.49. The van der Waals surface area contributed by atoms with Gasteiger partial charge in [0.05, 0.1) is 0 Å². The van der Waals surface area contributed by atoms with Crippen LogP contribution >= 0.6 is 22.6 Å². The fraction of sp³-hybridized carbons (Fsp3) is 0. The van der Waals surface area contributed by atoms with E-state index in [1.165, 1.54) is 0 Å². The second-order valence-corrected chi connectivity index (χ2v) is 3.58. The normalized spacial score (nSPS) is 10.4. The molecule has 0 unspecified atom stereocenters.